The predicted octanol–water partition coefficient (Wildman–Crippen LogP) is 1.56. The van der Waals surface area contributed by atoms with Crippen LogP contribution in [0.15, 0.2) is 18.2 Å². The number of likely N-dealkylation sites (N-methyl/N-ethyl adjacent to an activating group) is 1. The Morgan fingerprint density at radius 2 is 2.08 bits per heavy atom. The summed E-state index contributed by atoms with van der Waals surface area (Å²) >= 11 is 0. The number of amides is 2. The third kappa shape index (κ3) is 5.36. The van der Waals surface area contributed by atoms with Crippen LogP contribution in [0.25, 0.3) is 0 Å². The molecule has 1 heterocycles. The molecule has 0 saturated carbocycles. The summed E-state index contributed by atoms with van der Waals surface area (Å²) < 4.78 is 10.7. The molecule has 0 spiro atoms. The van der Waals surface area contributed by atoms with E-state index in [1.54, 1.807) is 25.3 Å². The van der Waals surface area contributed by atoms with Crippen LogP contribution < -0.4 is 20.3 Å². The largest absolute Gasteiger partial charge is 0.489 e. The summed E-state index contributed by atoms with van der Waals surface area (Å²) in [6.45, 7) is 7.21. The van der Waals surface area contributed by atoms with E-state index in [-0.39, 0.29) is 23.4 Å². The Kier molecular flexibility index (Phi) is 6.47. The molecular formula is C19H29N3O4. The maximum absolute atomic E-state index is 12.2. The van der Waals surface area contributed by atoms with Gasteiger partial charge in [0.2, 0.25) is 5.91 Å². The van der Waals surface area contributed by atoms with Crippen molar-refractivity contribution in [3.8, 4) is 5.75 Å². The first-order valence-electron chi connectivity index (χ1n) is 8.79. The van der Waals surface area contributed by atoms with Gasteiger partial charge >= 0.3 is 0 Å². The highest BCUT2D eigenvalue weighted by molar-refractivity contribution is 5.95. The number of benzene rings is 1. The topological polar surface area (TPSA) is 79.9 Å². The van der Waals surface area contributed by atoms with Gasteiger partial charge in [-0.3, -0.25) is 9.59 Å². The molecule has 1 atom stereocenters. The lowest BCUT2D eigenvalue weighted by atomic mass is 10.1. The van der Waals surface area contributed by atoms with Crippen LogP contribution in [0.1, 0.15) is 37.6 Å². The second-order valence-corrected chi connectivity index (χ2v) is 7.51. The lowest BCUT2D eigenvalue weighted by Gasteiger charge is -2.36. The van der Waals surface area contributed by atoms with Gasteiger partial charge in [-0.15, -0.1) is 0 Å². The van der Waals surface area contributed by atoms with Gasteiger partial charge in [0.25, 0.3) is 5.91 Å². The molecule has 0 fully saturated rings. The van der Waals surface area contributed by atoms with Crippen molar-refractivity contribution in [1.29, 1.82) is 0 Å². The maximum atomic E-state index is 12.2. The number of nitrogens with zero attached hydrogens (tertiary/aromatic N) is 1. The number of hydrogen-bond donors (Lipinski definition) is 2. The van der Waals surface area contributed by atoms with Crippen LogP contribution >= 0.6 is 0 Å². The summed E-state index contributed by atoms with van der Waals surface area (Å²) in [6.07, 6.45) is 0.331. The molecule has 1 aromatic rings. The maximum Gasteiger partial charge on any atom is 0.251 e. The van der Waals surface area contributed by atoms with Crippen LogP contribution in [0.5, 0.6) is 5.75 Å². The average molecular weight is 363 g/mol. The van der Waals surface area contributed by atoms with E-state index in [1.165, 1.54) is 0 Å². The predicted molar refractivity (Wildman–Crippen MR) is 101 cm³/mol. The van der Waals surface area contributed by atoms with E-state index in [4.69, 9.17) is 9.47 Å². The van der Waals surface area contributed by atoms with Crippen molar-refractivity contribution in [2.24, 2.45) is 0 Å². The molecule has 0 bridgehead atoms. The zero-order chi connectivity index (χ0) is 19.3. The number of rotatable bonds is 6. The smallest absolute Gasteiger partial charge is 0.251 e. The SMILES string of the molecule is COCCNC(=O)c1ccc2c(c1)N(C)C(CC(=O)NC(C)(C)C)CO2. The van der Waals surface area contributed by atoms with E-state index in [2.05, 4.69) is 10.6 Å². The summed E-state index contributed by atoms with van der Waals surface area (Å²) in [5.74, 6) is 0.536. The summed E-state index contributed by atoms with van der Waals surface area (Å²) in [6, 6.07) is 5.24. The third-order valence-electron chi connectivity index (χ3n) is 4.11. The molecule has 26 heavy (non-hydrogen) atoms. The van der Waals surface area contributed by atoms with Gasteiger partial charge in [-0.2, -0.15) is 0 Å². The fraction of sp³-hybridized carbons (Fsp3) is 0.579. The first kappa shape index (κ1) is 20.0. The van der Waals surface area contributed by atoms with Crippen molar-refractivity contribution in [1.82, 2.24) is 10.6 Å². The minimum Gasteiger partial charge on any atom is -0.489 e. The van der Waals surface area contributed by atoms with Crippen molar-refractivity contribution in [3.63, 3.8) is 0 Å². The van der Waals surface area contributed by atoms with Crippen LogP contribution in [0.4, 0.5) is 5.69 Å². The number of methoxy groups -OCH3 is 1. The van der Waals surface area contributed by atoms with Gasteiger partial charge in [-0.1, -0.05) is 0 Å². The molecule has 0 saturated heterocycles. The monoisotopic (exact) mass is 363 g/mol. The Hall–Kier alpha value is -2.28. The Morgan fingerprint density at radius 1 is 1.35 bits per heavy atom. The normalized spacial score (nSPS) is 16.5. The summed E-state index contributed by atoms with van der Waals surface area (Å²) in [4.78, 5) is 26.5. The molecule has 0 aromatic heterocycles. The van der Waals surface area contributed by atoms with Crippen LogP contribution in [-0.4, -0.2) is 57.3 Å². The molecule has 1 aliphatic rings. The Labute approximate surface area is 155 Å². The fourth-order valence-corrected chi connectivity index (χ4v) is 2.80. The van der Waals surface area contributed by atoms with Gasteiger partial charge in [0, 0.05) is 31.8 Å². The molecule has 7 nitrogen and oxygen atoms in total. The Balaban J connectivity index is 2.07. The van der Waals surface area contributed by atoms with E-state index >= 15 is 0 Å². The molecule has 144 valence electrons. The minimum atomic E-state index is -0.267. The van der Waals surface area contributed by atoms with E-state index in [9.17, 15) is 9.59 Å². The molecule has 0 radical (unpaired) electrons. The number of fused-ring (bicyclic) bond motifs is 1. The Morgan fingerprint density at radius 3 is 2.73 bits per heavy atom. The molecule has 2 rings (SSSR count). The highest BCUT2D eigenvalue weighted by Gasteiger charge is 2.28. The van der Waals surface area contributed by atoms with Gasteiger partial charge in [-0.25, -0.2) is 0 Å². The average Bonchev–Trinajstić information content (AvgIpc) is 2.55. The number of hydrogen-bond acceptors (Lipinski definition) is 5. The van der Waals surface area contributed by atoms with Gasteiger partial charge < -0.3 is 25.0 Å². The Bertz CT molecular complexity index is 655. The number of ether oxygens (including phenoxy) is 2. The molecule has 2 amide bonds. The van der Waals surface area contributed by atoms with E-state index in [0.717, 1.165) is 5.69 Å². The fourth-order valence-electron chi connectivity index (χ4n) is 2.80. The first-order chi connectivity index (χ1) is 12.2. The van der Waals surface area contributed by atoms with Crippen molar-refractivity contribution in [2.75, 3.05) is 38.8 Å². The first-order valence-corrected chi connectivity index (χ1v) is 8.79. The van der Waals surface area contributed by atoms with Gasteiger partial charge in [0.1, 0.15) is 12.4 Å². The summed E-state index contributed by atoms with van der Waals surface area (Å²) in [7, 11) is 3.51. The lowest BCUT2D eigenvalue weighted by molar-refractivity contribution is -0.123. The molecule has 7 heteroatoms. The lowest BCUT2D eigenvalue weighted by Crippen LogP contribution is -2.47. The highest BCUT2D eigenvalue weighted by Crippen LogP contribution is 2.34. The summed E-state index contributed by atoms with van der Waals surface area (Å²) in [5.41, 5.74) is 1.09. The van der Waals surface area contributed by atoms with Crippen LogP contribution in [0.3, 0.4) is 0 Å². The van der Waals surface area contributed by atoms with E-state index < -0.39 is 0 Å². The van der Waals surface area contributed by atoms with Crippen molar-refractivity contribution < 1.29 is 19.1 Å². The second-order valence-electron chi connectivity index (χ2n) is 7.51. The number of carbonyl (C=O) groups excluding carboxylic acids is 2. The van der Waals surface area contributed by atoms with Crippen LogP contribution in [0.2, 0.25) is 0 Å². The van der Waals surface area contributed by atoms with Gasteiger partial charge in [0.15, 0.2) is 0 Å². The zero-order valence-electron chi connectivity index (χ0n) is 16.2. The van der Waals surface area contributed by atoms with Crippen molar-refractivity contribution in [2.45, 2.75) is 38.8 Å². The van der Waals surface area contributed by atoms with Gasteiger partial charge in [0.05, 0.1) is 24.8 Å². The molecule has 1 unspecified atom stereocenters. The quantitative estimate of drug-likeness (QED) is 0.750. The summed E-state index contributed by atoms with van der Waals surface area (Å²) in [5, 5.41) is 5.78. The number of carbonyl (C=O) groups is 2. The number of anilines is 1. The molecule has 2 N–H and O–H groups in total. The van der Waals surface area contributed by atoms with E-state index in [1.807, 2.05) is 32.7 Å². The highest BCUT2D eigenvalue weighted by atomic mass is 16.5. The number of nitrogens with one attached hydrogen (secondary N) is 2. The van der Waals surface area contributed by atoms with Crippen molar-refractivity contribution >= 4 is 17.5 Å². The van der Waals surface area contributed by atoms with Crippen LogP contribution in [-0.2, 0) is 9.53 Å². The van der Waals surface area contributed by atoms with Crippen LogP contribution in [0, 0.1) is 0 Å². The molecule has 0 aliphatic carbocycles. The molecular weight excluding hydrogens is 334 g/mol. The minimum absolute atomic E-state index is 0.0186. The zero-order valence-corrected chi connectivity index (χ0v) is 16.2. The molecule has 1 aliphatic heterocycles. The second kappa shape index (κ2) is 8.40. The van der Waals surface area contributed by atoms with Gasteiger partial charge in [-0.05, 0) is 39.0 Å². The molecule has 1 aromatic carbocycles. The van der Waals surface area contributed by atoms with E-state index in [0.29, 0.717) is 37.5 Å². The standard InChI is InChI=1S/C19H29N3O4/c1-19(2,3)21-17(23)11-14-12-26-16-7-6-13(10-15(16)22(14)4)18(24)20-8-9-25-5/h6-7,10,14H,8-9,11-12H2,1-5H3,(H,20,24)(H,21,23). The third-order valence-corrected chi connectivity index (χ3v) is 4.11. The van der Waals surface area contributed by atoms with Crippen molar-refractivity contribution in [3.05, 3.63) is 23.8 Å².